The quantitative estimate of drug-likeness (QED) is 0.621. The van der Waals surface area contributed by atoms with Gasteiger partial charge in [0.15, 0.2) is 0 Å². The van der Waals surface area contributed by atoms with Gasteiger partial charge >= 0.3 is 0 Å². The minimum Gasteiger partial charge on any atom is -0.354 e. The lowest BCUT2D eigenvalue weighted by molar-refractivity contribution is 0.767. The van der Waals surface area contributed by atoms with Gasteiger partial charge in [-0.1, -0.05) is 0 Å². The van der Waals surface area contributed by atoms with Crippen LogP contribution in [0.25, 0.3) is 0 Å². The second-order valence-corrected chi connectivity index (χ2v) is 2.63. The van der Waals surface area contributed by atoms with Crippen LogP contribution in [0.15, 0.2) is 18.6 Å². The maximum absolute atomic E-state index is 5.47. The third kappa shape index (κ3) is 2.96. The van der Waals surface area contributed by atoms with E-state index in [-0.39, 0.29) is 0 Å². The van der Waals surface area contributed by atoms with Gasteiger partial charge in [-0.15, -0.1) is 0 Å². The molecule has 0 saturated heterocycles. The van der Waals surface area contributed by atoms with Gasteiger partial charge in [0.1, 0.15) is 12.1 Å². The smallest absolute Gasteiger partial charge is 0.131 e. The van der Waals surface area contributed by atoms with Gasteiger partial charge in [0.2, 0.25) is 0 Å². The van der Waals surface area contributed by atoms with Crippen LogP contribution in [-0.2, 0) is 0 Å². The Morgan fingerprint density at radius 1 is 1.23 bits per heavy atom. The van der Waals surface area contributed by atoms with E-state index in [9.17, 15) is 0 Å². The maximum Gasteiger partial charge on any atom is 0.131 e. The van der Waals surface area contributed by atoms with Crippen molar-refractivity contribution in [3.8, 4) is 0 Å². The van der Waals surface area contributed by atoms with Gasteiger partial charge in [0.05, 0.1) is 0 Å². The van der Waals surface area contributed by atoms with Crippen LogP contribution in [0.2, 0.25) is 0 Å². The molecule has 0 saturated carbocycles. The summed E-state index contributed by atoms with van der Waals surface area (Å²) < 4.78 is 0. The maximum atomic E-state index is 5.47. The van der Waals surface area contributed by atoms with Gasteiger partial charge in [-0.3, -0.25) is 0 Å². The second-order valence-electron chi connectivity index (χ2n) is 2.63. The molecule has 1 heterocycles. The molecule has 1 rings (SSSR count). The molecular formula is C8H15N5. The summed E-state index contributed by atoms with van der Waals surface area (Å²) in [7, 11) is 0. The zero-order valence-electron chi connectivity index (χ0n) is 7.56. The van der Waals surface area contributed by atoms with Crippen LogP contribution < -0.4 is 16.4 Å². The number of nitrogens with two attached hydrogens (primary N) is 2. The molecule has 13 heavy (non-hydrogen) atoms. The van der Waals surface area contributed by atoms with Crippen molar-refractivity contribution in [1.29, 1.82) is 0 Å². The molecule has 5 heteroatoms. The summed E-state index contributed by atoms with van der Waals surface area (Å²) in [6, 6.07) is 1.85. The number of hydrogen-bond acceptors (Lipinski definition) is 5. The predicted molar refractivity (Wildman–Crippen MR) is 52.4 cm³/mol. The molecule has 0 fully saturated rings. The number of aromatic nitrogens is 2. The zero-order chi connectivity index (χ0) is 9.52. The monoisotopic (exact) mass is 181 g/mol. The Kier molecular flexibility index (Phi) is 4.14. The normalized spacial score (nSPS) is 10.0. The SMILES string of the molecule is NCCN(CCN)c1ccncn1. The molecule has 0 radical (unpaired) electrons. The van der Waals surface area contributed by atoms with E-state index in [1.165, 1.54) is 6.33 Å². The third-order valence-corrected chi connectivity index (χ3v) is 1.69. The highest BCUT2D eigenvalue weighted by atomic mass is 15.2. The summed E-state index contributed by atoms with van der Waals surface area (Å²) in [6.45, 7) is 2.75. The van der Waals surface area contributed by atoms with E-state index in [1.54, 1.807) is 6.20 Å². The summed E-state index contributed by atoms with van der Waals surface area (Å²) in [5.74, 6) is 0.880. The Morgan fingerprint density at radius 2 is 1.92 bits per heavy atom. The lowest BCUT2D eigenvalue weighted by atomic mass is 10.4. The van der Waals surface area contributed by atoms with Crippen molar-refractivity contribution in [2.24, 2.45) is 11.5 Å². The Bertz CT molecular complexity index is 219. The minimum atomic E-state index is 0.601. The van der Waals surface area contributed by atoms with E-state index in [0.29, 0.717) is 13.1 Å². The largest absolute Gasteiger partial charge is 0.354 e. The first kappa shape index (κ1) is 9.88. The van der Waals surface area contributed by atoms with Crippen molar-refractivity contribution in [3.05, 3.63) is 18.6 Å². The molecule has 0 bridgehead atoms. The molecule has 0 amide bonds. The molecule has 5 nitrogen and oxygen atoms in total. The average molecular weight is 181 g/mol. The van der Waals surface area contributed by atoms with Gasteiger partial charge in [0, 0.05) is 32.4 Å². The first-order chi connectivity index (χ1) is 6.38. The number of hydrogen-bond donors (Lipinski definition) is 2. The van der Waals surface area contributed by atoms with Crippen molar-refractivity contribution in [2.75, 3.05) is 31.1 Å². The topological polar surface area (TPSA) is 81.1 Å². The summed E-state index contributed by atoms with van der Waals surface area (Å²) in [6.07, 6.45) is 3.23. The number of nitrogens with zero attached hydrogens (tertiary/aromatic N) is 3. The molecule has 0 aromatic carbocycles. The van der Waals surface area contributed by atoms with Gasteiger partial charge < -0.3 is 16.4 Å². The second kappa shape index (κ2) is 5.45. The summed E-state index contributed by atoms with van der Waals surface area (Å²) in [5, 5.41) is 0. The predicted octanol–water partition coefficient (Wildman–Crippen LogP) is -0.800. The standard InChI is InChI=1S/C8H15N5/c9-2-5-13(6-3-10)8-1-4-11-7-12-8/h1,4,7H,2-3,5-6,9-10H2. The van der Waals surface area contributed by atoms with Gasteiger partial charge in [-0.05, 0) is 6.07 Å². The van der Waals surface area contributed by atoms with E-state index in [2.05, 4.69) is 9.97 Å². The van der Waals surface area contributed by atoms with E-state index in [4.69, 9.17) is 11.5 Å². The zero-order valence-corrected chi connectivity index (χ0v) is 7.56. The van der Waals surface area contributed by atoms with Gasteiger partial charge in [-0.2, -0.15) is 0 Å². The first-order valence-electron chi connectivity index (χ1n) is 4.29. The van der Waals surface area contributed by atoms with Gasteiger partial charge in [0.25, 0.3) is 0 Å². The molecule has 0 aliphatic rings. The highest BCUT2D eigenvalue weighted by molar-refractivity contribution is 5.36. The van der Waals surface area contributed by atoms with Crippen LogP contribution in [0, 0.1) is 0 Å². The summed E-state index contributed by atoms with van der Waals surface area (Å²) in [4.78, 5) is 10.0. The molecule has 4 N–H and O–H groups in total. The van der Waals surface area contributed by atoms with E-state index >= 15 is 0 Å². The molecule has 0 aliphatic heterocycles. The lowest BCUT2D eigenvalue weighted by Crippen LogP contribution is -2.34. The van der Waals surface area contributed by atoms with Crippen molar-refractivity contribution in [1.82, 2.24) is 9.97 Å². The van der Waals surface area contributed by atoms with Crippen molar-refractivity contribution < 1.29 is 0 Å². The lowest BCUT2D eigenvalue weighted by Gasteiger charge is -2.21. The van der Waals surface area contributed by atoms with Crippen LogP contribution in [0.5, 0.6) is 0 Å². The fourth-order valence-corrected chi connectivity index (χ4v) is 1.12. The van der Waals surface area contributed by atoms with Crippen LogP contribution in [-0.4, -0.2) is 36.1 Å². The molecule has 0 aliphatic carbocycles. The Balaban J connectivity index is 2.64. The minimum absolute atomic E-state index is 0.601. The van der Waals surface area contributed by atoms with Crippen LogP contribution in [0.3, 0.4) is 0 Å². The molecule has 0 spiro atoms. The fraction of sp³-hybridized carbons (Fsp3) is 0.500. The Morgan fingerprint density at radius 3 is 2.38 bits per heavy atom. The average Bonchev–Trinajstić information content (AvgIpc) is 2.19. The van der Waals surface area contributed by atoms with Crippen LogP contribution in [0.1, 0.15) is 0 Å². The molecular weight excluding hydrogens is 166 g/mol. The van der Waals surface area contributed by atoms with Gasteiger partial charge in [-0.25, -0.2) is 9.97 Å². The number of anilines is 1. The summed E-state index contributed by atoms with van der Waals surface area (Å²) >= 11 is 0. The fourth-order valence-electron chi connectivity index (χ4n) is 1.12. The van der Waals surface area contributed by atoms with Crippen molar-refractivity contribution >= 4 is 5.82 Å². The molecule has 0 atom stereocenters. The molecule has 1 aromatic rings. The first-order valence-corrected chi connectivity index (χ1v) is 4.29. The third-order valence-electron chi connectivity index (χ3n) is 1.69. The summed E-state index contributed by atoms with van der Waals surface area (Å²) in [5.41, 5.74) is 10.9. The number of rotatable bonds is 5. The highest BCUT2D eigenvalue weighted by Gasteiger charge is 2.03. The molecule has 72 valence electrons. The molecule has 1 aromatic heterocycles. The van der Waals surface area contributed by atoms with E-state index in [0.717, 1.165) is 18.9 Å². The highest BCUT2D eigenvalue weighted by Crippen LogP contribution is 2.05. The Hall–Kier alpha value is -1.20. The van der Waals surface area contributed by atoms with Crippen LogP contribution in [0.4, 0.5) is 5.82 Å². The van der Waals surface area contributed by atoms with E-state index in [1.807, 2.05) is 11.0 Å². The Labute approximate surface area is 77.8 Å². The van der Waals surface area contributed by atoms with Crippen molar-refractivity contribution in [3.63, 3.8) is 0 Å². The van der Waals surface area contributed by atoms with E-state index < -0.39 is 0 Å². The van der Waals surface area contributed by atoms with Crippen molar-refractivity contribution in [2.45, 2.75) is 0 Å². The molecule has 0 unspecified atom stereocenters. The van der Waals surface area contributed by atoms with Crippen LogP contribution >= 0.6 is 0 Å².